The summed E-state index contributed by atoms with van der Waals surface area (Å²) in [5.41, 5.74) is 3.69. The summed E-state index contributed by atoms with van der Waals surface area (Å²) in [7, 11) is 0. The van der Waals surface area contributed by atoms with Gasteiger partial charge in [-0.2, -0.15) is 9.78 Å². The highest BCUT2D eigenvalue weighted by Gasteiger charge is 2.33. The summed E-state index contributed by atoms with van der Waals surface area (Å²) in [5.74, 6) is 4.09. The Bertz CT molecular complexity index is 1370. The van der Waals surface area contributed by atoms with Gasteiger partial charge in [0, 0.05) is 17.9 Å². The number of nitrogens with zero attached hydrogens (tertiary/aromatic N) is 3. The number of nitrogens with one attached hydrogen (secondary N) is 1. The van der Waals surface area contributed by atoms with Crippen molar-refractivity contribution in [2.45, 2.75) is 26.2 Å². The molecule has 1 unspecified atom stereocenters. The summed E-state index contributed by atoms with van der Waals surface area (Å²) in [5, 5.41) is 8.49. The van der Waals surface area contributed by atoms with Crippen molar-refractivity contribution in [3.05, 3.63) is 59.3 Å². The Morgan fingerprint density at radius 1 is 1.24 bits per heavy atom. The highest BCUT2D eigenvalue weighted by Crippen LogP contribution is 2.43. The number of rotatable bonds is 6. The van der Waals surface area contributed by atoms with Gasteiger partial charge in [0.05, 0.1) is 22.5 Å². The van der Waals surface area contributed by atoms with Crippen LogP contribution in [0.15, 0.2) is 42.5 Å². The van der Waals surface area contributed by atoms with E-state index in [-0.39, 0.29) is 18.4 Å². The number of carbonyl (C=O) groups is 1. The maximum Gasteiger partial charge on any atom is 0.226 e. The van der Waals surface area contributed by atoms with E-state index in [1.807, 2.05) is 56.3 Å². The van der Waals surface area contributed by atoms with Gasteiger partial charge in [0.1, 0.15) is 12.4 Å². The quantitative estimate of drug-likeness (QED) is 0.425. The third kappa shape index (κ3) is 3.81. The number of hydrogen-bond donors (Lipinski definition) is 1. The van der Waals surface area contributed by atoms with Crippen molar-refractivity contribution >= 4 is 33.3 Å². The van der Waals surface area contributed by atoms with Crippen LogP contribution in [0.3, 0.4) is 0 Å². The lowest BCUT2D eigenvalue weighted by atomic mass is 9.85. The molecule has 0 spiro atoms. The number of aryl methyl sites for hydroxylation is 1. The van der Waals surface area contributed by atoms with E-state index in [1.165, 1.54) is 11.3 Å². The minimum absolute atomic E-state index is 0.0691. The van der Waals surface area contributed by atoms with E-state index in [0.717, 1.165) is 32.2 Å². The Morgan fingerprint density at radius 2 is 2.09 bits per heavy atom. The minimum atomic E-state index is -0.169. The summed E-state index contributed by atoms with van der Waals surface area (Å²) in [6.45, 7) is 4.52. The third-order valence-corrected chi connectivity index (χ3v) is 6.56. The molecule has 8 heteroatoms. The van der Waals surface area contributed by atoms with Crippen molar-refractivity contribution in [1.29, 1.82) is 0 Å². The van der Waals surface area contributed by atoms with Crippen LogP contribution < -0.4 is 14.8 Å². The van der Waals surface area contributed by atoms with Gasteiger partial charge < -0.3 is 14.8 Å². The first-order valence-corrected chi connectivity index (χ1v) is 11.5. The lowest BCUT2D eigenvalue weighted by molar-refractivity contribution is -0.116. The van der Waals surface area contributed by atoms with Crippen LogP contribution in [-0.4, -0.2) is 33.9 Å². The van der Waals surface area contributed by atoms with Crippen molar-refractivity contribution < 1.29 is 14.3 Å². The number of terminal acetylenes is 1. The van der Waals surface area contributed by atoms with E-state index >= 15 is 0 Å². The number of amides is 1. The molecular formula is C25H22N4O3S. The normalized spacial score (nSPS) is 15.1. The summed E-state index contributed by atoms with van der Waals surface area (Å²) < 4.78 is 14.2. The molecule has 5 rings (SSSR count). The second-order valence-electron chi connectivity index (χ2n) is 7.66. The van der Waals surface area contributed by atoms with E-state index in [4.69, 9.17) is 26.0 Å². The zero-order chi connectivity index (χ0) is 22.9. The third-order valence-electron chi connectivity index (χ3n) is 5.55. The Kier molecular flexibility index (Phi) is 5.48. The maximum atomic E-state index is 12.7. The Balaban J connectivity index is 1.59. The standard InChI is InChI=1S/C25H22N4O3S/c1-4-12-32-19-11-10-16(13-20(19)31-5-2)17-14-22(30)27-24-23(17)15(3)28-29(24)25-26-18-8-6-7-9-21(18)33-25/h1,6-11,13,17H,5,12,14H2,2-3H3,(H,27,30). The van der Waals surface area contributed by atoms with E-state index in [9.17, 15) is 4.79 Å². The molecule has 4 aromatic rings. The molecule has 1 N–H and O–H groups in total. The van der Waals surface area contributed by atoms with Crippen LogP contribution in [0.25, 0.3) is 15.3 Å². The molecule has 33 heavy (non-hydrogen) atoms. The van der Waals surface area contributed by atoms with E-state index in [0.29, 0.717) is 30.3 Å². The minimum Gasteiger partial charge on any atom is -0.490 e. The van der Waals surface area contributed by atoms with Crippen molar-refractivity contribution in [2.75, 3.05) is 18.5 Å². The molecule has 166 valence electrons. The topological polar surface area (TPSA) is 78.3 Å². The number of fused-ring (bicyclic) bond motifs is 2. The fourth-order valence-electron chi connectivity index (χ4n) is 4.17. The maximum absolute atomic E-state index is 12.7. The van der Waals surface area contributed by atoms with Gasteiger partial charge in [0.15, 0.2) is 11.5 Å². The first-order valence-electron chi connectivity index (χ1n) is 10.7. The Morgan fingerprint density at radius 3 is 2.88 bits per heavy atom. The van der Waals surface area contributed by atoms with Crippen molar-refractivity contribution in [2.24, 2.45) is 0 Å². The number of ether oxygens (including phenoxy) is 2. The van der Waals surface area contributed by atoms with Gasteiger partial charge in [-0.3, -0.25) is 4.79 Å². The van der Waals surface area contributed by atoms with Gasteiger partial charge in [-0.25, -0.2) is 4.98 Å². The Labute approximate surface area is 195 Å². The lowest BCUT2D eigenvalue weighted by Crippen LogP contribution is -2.25. The molecule has 1 aliphatic heterocycles. The van der Waals surface area contributed by atoms with Crippen LogP contribution >= 0.6 is 11.3 Å². The second-order valence-corrected chi connectivity index (χ2v) is 8.67. The fraction of sp³-hybridized carbons (Fsp3) is 0.240. The van der Waals surface area contributed by atoms with Crippen molar-refractivity contribution in [1.82, 2.24) is 14.8 Å². The Hall–Kier alpha value is -3.83. The summed E-state index contributed by atoms with van der Waals surface area (Å²) in [4.78, 5) is 17.5. The van der Waals surface area contributed by atoms with Gasteiger partial charge in [-0.05, 0) is 43.7 Å². The van der Waals surface area contributed by atoms with Crippen LogP contribution in [0.4, 0.5) is 5.82 Å². The van der Waals surface area contributed by atoms with Crippen molar-refractivity contribution in [3.63, 3.8) is 0 Å². The van der Waals surface area contributed by atoms with E-state index in [1.54, 1.807) is 4.68 Å². The molecule has 0 saturated carbocycles. The van der Waals surface area contributed by atoms with Crippen LogP contribution in [0, 0.1) is 19.3 Å². The largest absolute Gasteiger partial charge is 0.490 e. The number of thiazole rings is 1. The van der Waals surface area contributed by atoms with Crippen LogP contribution in [-0.2, 0) is 4.79 Å². The lowest BCUT2D eigenvalue weighted by Gasteiger charge is -2.25. The number of hydrogen-bond acceptors (Lipinski definition) is 6. The number of benzene rings is 2. The molecule has 1 amide bonds. The zero-order valence-electron chi connectivity index (χ0n) is 18.3. The highest BCUT2D eigenvalue weighted by molar-refractivity contribution is 7.20. The molecule has 1 aliphatic rings. The number of para-hydroxylation sites is 1. The zero-order valence-corrected chi connectivity index (χ0v) is 19.1. The number of carbonyl (C=O) groups excluding carboxylic acids is 1. The first kappa shape index (κ1) is 21.0. The van der Waals surface area contributed by atoms with Gasteiger partial charge in [0.25, 0.3) is 0 Å². The van der Waals surface area contributed by atoms with Crippen molar-refractivity contribution in [3.8, 4) is 29.0 Å². The van der Waals surface area contributed by atoms with Gasteiger partial charge in [0.2, 0.25) is 11.0 Å². The fourth-order valence-corrected chi connectivity index (χ4v) is 5.09. The molecular weight excluding hydrogens is 436 g/mol. The molecule has 1 atom stereocenters. The predicted octanol–water partition coefficient (Wildman–Crippen LogP) is 4.68. The molecule has 0 fully saturated rings. The van der Waals surface area contributed by atoms with Gasteiger partial charge in [-0.15, -0.1) is 6.42 Å². The first-order chi connectivity index (χ1) is 16.1. The molecule has 2 aromatic heterocycles. The average molecular weight is 459 g/mol. The average Bonchev–Trinajstić information content (AvgIpc) is 3.39. The number of anilines is 1. The molecule has 0 saturated heterocycles. The molecule has 7 nitrogen and oxygen atoms in total. The molecule has 3 heterocycles. The van der Waals surface area contributed by atoms with Gasteiger partial charge >= 0.3 is 0 Å². The molecule has 2 aromatic carbocycles. The van der Waals surface area contributed by atoms with Crippen LogP contribution in [0.1, 0.15) is 36.1 Å². The van der Waals surface area contributed by atoms with Gasteiger partial charge in [-0.1, -0.05) is 35.5 Å². The van der Waals surface area contributed by atoms with E-state index in [2.05, 4.69) is 11.2 Å². The van der Waals surface area contributed by atoms with E-state index < -0.39 is 0 Å². The predicted molar refractivity (Wildman–Crippen MR) is 129 cm³/mol. The molecule has 0 aliphatic carbocycles. The number of aromatic nitrogens is 3. The molecule has 0 bridgehead atoms. The molecule has 0 radical (unpaired) electrons. The van der Waals surface area contributed by atoms with Crippen LogP contribution in [0.2, 0.25) is 0 Å². The summed E-state index contributed by atoms with van der Waals surface area (Å²) >= 11 is 1.54. The summed E-state index contributed by atoms with van der Waals surface area (Å²) in [6, 6.07) is 13.7. The SMILES string of the molecule is C#CCOc1ccc(C2CC(=O)Nc3c2c(C)nn3-c2nc3ccccc3s2)cc1OCC. The monoisotopic (exact) mass is 458 g/mol. The summed E-state index contributed by atoms with van der Waals surface area (Å²) in [6.07, 6.45) is 5.65. The highest BCUT2D eigenvalue weighted by atomic mass is 32.1. The smallest absolute Gasteiger partial charge is 0.226 e. The second kappa shape index (κ2) is 8.60. The van der Waals surface area contributed by atoms with Crippen LogP contribution in [0.5, 0.6) is 11.5 Å².